The van der Waals surface area contributed by atoms with E-state index in [1.807, 2.05) is 0 Å². The van der Waals surface area contributed by atoms with Crippen LogP contribution >= 0.6 is 0 Å². The van der Waals surface area contributed by atoms with Crippen LogP contribution < -0.4 is 5.73 Å². The van der Waals surface area contributed by atoms with Crippen LogP contribution in [0.25, 0.3) is 0 Å². The van der Waals surface area contributed by atoms with E-state index in [0.29, 0.717) is 0 Å². The first-order chi connectivity index (χ1) is 5.90. The number of ether oxygens (including phenoxy) is 1. The lowest BCUT2D eigenvalue weighted by Gasteiger charge is -2.26. The van der Waals surface area contributed by atoms with E-state index >= 15 is 0 Å². The van der Waals surface area contributed by atoms with Crippen LogP contribution in [-0.2, 0) is 4.74 Å². The molecular formula is C9H18N2O. The smallest absolute Gasteiger partial charge is 0.0594 e. The van der Waals surface area contributed by atoms with Crippen LogP contribution in [0.15, 0.2) is 0 Å². The summed E-state index contributed by atoms with van der Waals surface area (Å²) in [5.41, 5.74) is 5.59. The Balaban J connectivity index is 1.66. The summed E-state index contributed by atoms with van der Waals surface area (Å²) in [5.74, 6) is 1.72. The first-order valence-corrected chi connectivity index (χ1v) is 4.90. The second-order valence-corrected chi connectivity index (χ2v) is 3.90. The maximum absolute atomic E-state index is 5.59. The van der Waals surface area contributed by atoms with Crippen molar-refractivity contribution >= 4 is 0 Å². The molecule has 2 atom stereocenters. The lowest BCUT2D eigenvalue weighted by molar-refractivity contribution is 0.0352. The average Bonchev–Trinajstić information content (AvgIpc) is 2.85. The molecule has 1 saturated carbocycles. The fraction of sp³-hybridized carbons (Fsp3) is 1.00. The number of nitrogens with zero attached hydrogens (tertiary/aromatic N) is 1. The van der Waals surface area contributed by atoms with Crippen LogP contribution in [0.1, 0.15) is 6.42 Å². The van der Waals surface area contributed by atoms with Crippen LogP contribution in [0.5, 0.6) is 0 Å². The van der Waals surface area contributed by atoms with Crippen molar-refractivity contribution in [2.75, 3.05) is 39.4 Å². The molecule has 1 aliphatic heterocycles. The monoisotopic (exact) mass is 170 g/mol. The van der Waals surface area contributed by atoms with E-state index in [1.54, 1.807) is 0 Å². The largest absolute Gasteiger partial charge is 0.379 e. The standard InChI is InChI=1S/C9H18N2O/c10-6-8-5-9(8)7-11-1-3-12-4-2-11/h8-9H,1-7,10H2/t8-,9-/m1/s1. The Kier molecular flexibility index (Phi) is 2.63. The van der Waals surface area contributed by atoms with Crippen molar-refractivity contribution in [2.24, 2.45) is 17.6 Å². The Morgan fingerprint density at radius 2 is 2.00 bits per heavy atom. The van der Waals surface area contributed by atoms with Gasteiger partial charge in [-0.25, -0.2) is 0 Å². The number of nitrogens with two attached hydrogens (primary N) is 1. The minimum Gasteiger partial charge on any atom is -0.379 e. The van der Waals surface area contributed by atoms with Crippen molar-refractivity contribution in [3.8, 4) is 0 Å². The van der Waals surface area contributed by atoms with E-state index in [0.717, 1.165) is 44.7 Å². The summed E-state index contributed by atoms with van der Waals surface area (Å²) in [6.45, 7) is 6.21. The molecule has 0 bridgehead atoms. The molecule has 1 saturated heterocycles. The van der Waals surface area contributed by atoms with Crippen LogP contribution in [-0.4, -0.2) is 44.3 Å². The van der Waals surface area contributed by atoms with E-state index in [9.17, 15) is 0 Å². The Morgan fingerprint density at radius 3 is 2.58 bits per heavy atom. The molecule has 1 heterocycles. The molecule has 2 rings (SSSR count). The van der Waals surface area contributed by atoms with Crippen molar-refractivity contribution in [3.63, 3.8) is 0 Å². The second kappa shape index (κ2) is 3.73. The summed E-state index contributed by atoms with van der Waals surface area (Å²) >= 11 is 0. The molecule has 0 radical (unpaired) electrons. The Labute approximate surface area is 73.9 Å². The first-order valence-electron chi connectivity index (χ1n) is 4.90. The molecule has 3 nitrogen and oxygen atoms in total. The molecular weight excluding hydrogens is 152 g/mol. The maximum Gasteiger partial charge on any atom is 0.0594 e. The molecule has 2 aliphatic rings. The topological polar surface area (TPSA) is 38.5 Å². The molecule has 0 amide bonds. The van der Waals surface area contributed by atoms with Crippen molar-refractivity contribution in [3.05, 3.63) is 0 Å². The summed E-state index contributed by atoms with van der Waals surface area (Å²) in [6.07, 6.45) is 1.36. The highest BCUT2D eigenvalue weighted by Gasteiger charge is 2.36. The van der Waals surface area contributed by atoms with Gasteiger partial charge >= 0.3 is 0 Å². The predicted molar refractivity (Wildman–Crippen MR) is 47.9 cm³/mol. The van der Waals surface area contributed by atoms with E-state index in [1.165, 1.54) is 13.0 Å². The highest BCUT2D eigenvalue weighted by molar-refractivity contribution is 4.89. The molecule has 0 spiro atoms. The van der Waals surface area contributed by atoms with Crippen LogP contribution in [0, 0.1) is 11.8 Å². The lowest BCUT2D eigenvalue weighted by atomic mass is 10.3. The molecule has 2 N–H and O–H groups in total. The van der Waals surface area contributed by atoms with Crippen molar-refractivity contribution in [1.29, 1.82) is 0 Å². The van der Waals surface area contributed by atoms with Gasteiger partial charge in [-0.15, -0.1) is 0 Å². The summed E-state index contributed by atoms with van der Waals surface area (Å²) in [7, 11) is 0. The molecule has 0 unspecified atom stereocenters. The summed E-state index contributed by atoms with van der Waals surface area (Å²) in [5, 5.41) is 0. The summed E-state index contributed by atoms with van der Waals surface area (Å²) in [6, 6.07) is 0. The molecule has 0 aromatic carbocycles. The minimum atomic E-state index is 0.827. The third-order valence-corrected chi connectivity index (χ3v) is 2.97. The Hall–Kier alpha value is -0.120. The number of morpholine rings is 1. The van der Waals surface area contributed by atoms with Gasteiger partial charge in [0, 0.05) is 19.6 Å². The highest BCUT2D eigenvalue weighted by Crippen LogP contribution is 2.37. The zero-order valence-electron chi connectivity index (χ0n) is 7.54. The molecule has 12 heavy (non-hydrogen) atoms. The highest BCUT2D eigenvalue weighted by atomic mass is 16.5. The quantitative estimate of drug-likeness (QED) is 0.643. The Bertz CT molecular complexity index is 145. The van der Waals surface area contributed by atoms with E-state index < -0.39 is 0 Å². The molecule has 3 heteroatoms. The van der Waals surface area contributed by atoms with Gasteiger partial charge in [0.15, 0.2) is 0 Å². The number of hydrogen-bond donors (Lipinski definition) is 1. The summed E-state index contributed by atoms with van der Waals surface area (Å²) < 4.78 is 5.29. The normalized spacial score (nSPS) is 36.8. The van der Waals surface area contributed by atoms with Crippen LogP contribution in [0.3, 0.4) is 0 Å². The first kappa shape index (κ1) is 8.48. The molecule has 70 valence electrons. The zero-order valence-corrected chi connectivity index (χ0v) is 7.54. The van der Waals surface area contributed by atoms with Crippen LogP contribution in [0.2, 0.25) is 0 Å². The molecule has 2 fully saturated rings. The molecule has 0 aromatic heterocycles. The second-order valence-electron chi connectivity index (χ2n) is 3.90. The minimum absolute atomic E-state index is 0.827. The third-order valence-electron chi connectivity index (χ3n) is 2.97. The molecule has 0 aromatic rings. The van der Waals surface area contributed by atoms with Gasteiger partial charge in [-0.1, -0.05) is 0 Å². The Morgan fingerprint density at radius 1 is 1.25 bits per heavy atom. The van der Waals surface area contributed by atoms with Crippen molar-refractivity contribution in [1.82, 2.24) is 4.90 Å². The average molecular weight is 170 g/mol. The van der Waals surface area contributed by atoms with Crippen LogP contribution in [0.4, 0.5) is 0 Å². The lowest BCUT2D eigenvalue weighted by Crippen LogP contribution is -2.37. The van der Waals surface area contributed by atoms with E-state index in [4.69, 9.17) is 10.5 Å². The molecule has 1 aliphatic carbocycles. The summed E-state index contributed by atoms with van der Waals surface area (Å²) in [4.78, 5) is 2.50. The SMILES string of the molecule is NC[C@H]1C[C@@H]1CN1CCOCC1. The number of hydrogen-bond acceptors (Lipinski definition) is 3. The predicted octanol–water partition coefficient (Wildman–Crippen LogP) is -0.0866. The van der Waals surface area contributed by atoms with Gasteiger partial charge in [0.2, 0.25) is 0 Å². The van der Waals surface area contributed by atoms with Crippen molar-refractivity contribution in [2.45, 2.75) is 6.42 Å². The van der Waals surface area contributed by atoms with Gasteiger partial charge in [0.25, 0.3) is 0 Å². The van der Waals surface area contributed by atoms with E-state index in [2.05, 4.69) is 4.90 Å². The van der Waals surface area contributed by atoms with Gasteiger partial charge in [0.1, 0.15) is 0 Å². The fourth-order valence-corrected chi connectivity index (χ4v) is 1.94. The van der Waals surface area contributed by atoms with Crippen molar-refractivity contribution < 1.29 is 4.74 Å². The third kappa shape index (κ3) is 1.97. The van der Waals surface area contributed by atoms with E-state index in [-0.39, 0.29) is 0 Å². The van der Waals surface area contributed by atoms with Gasteiger partial charge in [-0.2, -0.15) is 0 Å². The van der Waals surface area contributed by atoms with Gasteiger partial charge in [0.05, 0.1) is 13.2 Å². The van der Waals surface area contributed by atoms with Gasteiger partial charge < -0.3 is 10.5 Å². The van der Waals surface area contributed by atoms with Gasteiger partial charge in [-0.05, 0) is 24.8 Å². The zero-order chi connectivity index (χ0) is 8.39. The number of rotatable bonds is 3. The fourth-order valence-electron chi connectivity index (χ4n) is 1.94. The van der Waals surface area contributed by atoms with Gasteiger partial charge in [-0.3, -0.25) is 4.90 Å². The maximum atomic E-state index is 5.59.